The molecule has 0 bridgehead atoms. The standard InChI is InChI=1S/C23H17F3N2O4/c24-15-6-9-17(10-7-15)28-23(31)21(14-4-2-1-3-5-14)32-20(29)13-27-22(30)18-11-8-16(25)12-19(18)26/h1-12,21H,13H2,(H,27,30)(H,28,31). The van der Waals surface area contributed by atoms with Gasteiger partial charge in [0.25, 0.3) is 11.8 Å². The molecule has 0 aliphatic rings. The number of esters is 1. The highest BCUT2D eigenvalue weighted by Gasteiger charge is 2.25. The summed E-state index contributed by atoms with van der Waals surface area (Å²) >= 11 is 0. The van der Waals surface area contributed by atoms with Gasteiger partial charge in [0.15, 0.2) is 0 Å². The van der Waals surface area contributed by atoms with Gasteiger partial charge < -0.3 is 15.4 Å². The number of hydrogen-bond donors (Lipinski definition) is 2. The van der Waals surface area contributed by atoms with E-state index in [0.29, 0.717) is 11.6 Å². The largest absolute Gasteiger partial charge is 0.446 e. The Morgan fingerprint density at radius 1 is 0.844 bits per heavy atom. The van der Waals surface area contributed by atoms with E-state index in [4.69, 9.17) is 4.74 Å². The zero-order chi connectivity index (χ0) is 23.1. The van der Waals surface area contributed by atoms with Crippen LogP contribution in [0.3, 0.4) is 0 Å². The van der Waals surface area contributed by atoms with Crippen LogP contribution in [0.4, 0.5) is 18.9 Å². The van der Waals surface area contributed by atoms with Gasteiger partial charge in [-0.3, -0.25) is 14.4 Å². The molecule has 0 aliphatic carbocycles. The first-order valence-electron chi connectivity index (χ1n) is 9.37. The molecular weight excluding hydrogens is 425 g/mol. The van der Waals surface area contributed by atoms with Crippen molar-refractivity contribution in [3.05, 3.63) is 101 Å². The second kappa shape index (κ2) is 10.3. The molecule has 9 heteroatoms. The summed E-state index contributed by atoms with van der Waals surface area (Å²) in [5, 5.41) is 4.68. The number of ether oxygens (including phenoxy) is 1. The third-order valence-electron chi connectivity index (χ3n) is 4.27. The topological polar surface area (TPSA) is 84.5 Å². The van der Waals surface area contributed by atoms with E-state index in [1.54, 1.807) is 30.3 Å². The molecule has 0 saturated carbocycles. The van der Waals surface area contributed by atoms with Crippen LogP contribution in [0.2, 0.25) is 0 Å². The molecule has 0 radical (unpaired) electrons. The van der Waals surface area contributed by atoms with E-state index in [1.165, 1.54) is 12.1 Å². The molecule has 3 aromatic carbocycles. The zero-order valence-corrected chi connectivity index (χ0v) is 16.5. The summed E-state index contributed by atoms with van der Waals surface area (Å²) in [4.78, 5) is 37.0. The third kappa shape index (κ3) is 5.94. The lowest BCUT2D eigenvalue weighted by Gasteiger charge is -2.18. The van der Waals surface area contributed by atoms with Gasteiger partial charge in [-0.15, -0.1) is 0 Å². The van der Waals surface area contributed by atoms with Gasteiger partial charge in [-0.25, -0.2) is 13.2 Å². The van der Waals surface area contributed by atoms with Crippen molar-refractivity contribution in [1.29, 1.82) is 0 Å². The van der Waals surface area contributed by atoms with E-state index in [9.17, 15) is 27.6 Å². The first-order valence-corrected chi connectivity index (χ1v) is 9.37. The van der Waals surface area contributed by atoms with Crippen molar-refractivity contribution >= 4 is 23.5 Å². The number of amides is 2. The minimum Gasteiger partial charge on any atom is -0.446 e. The van der Waals surface area contributed by atoms with Crippen LogP contribution < -0.4 is 10.6 Å². The minimum absolute atomic E-state index is 0.286. The minimum atomic E-state index is -1.37. The quantitative estimate of drug-likeness (QED) is 0.546. The molecule has 3 rings (SSSR count). The van der Waals surface area contributed by atoms with Crippen molar-refractivity contribution in [3.63, 3.8) is 0 Å². The summed E-state index contributed by atoms with van der Waals surface area (Å²) in [5.41, 5.74) is 0.192. The first-order chi connectivity index (χ1) is 15.3. The number of nitrogens with one attached hydrogen (secondary N) is 2. The van der Waals surface area contributed by atoms with Crippen LogP contribution in [0.25, 0.3) is 0 Å². The van der Waals surface area contributed by atoms with Crippen LogP contribution in [0.15, 0.2) is 72.8 Å². The Labute approximate surface area is 181 Å². The lowest BCUT2D eigenvalue weighted by atomic mass is 10.1. The normalized spacial score (nSPS) is 11.3. The maximum absolute atomic E-state index is 13.7. The summed E-state index contributed by atoms with van der Waals surface area (Å²) in [6.07, 6.45) is -1.37. The molecule has 2 amide bonds. The van der Waals surface area contributed by atoms with Gasteiger partial charge in [0.2, 0.25) is 6.10 Å². The molecule has 0 aromatic heterocycles. The highest BCUT2D eigenvalue weighted by atomic mass is 19.1. The number of carbonyl (C=O) groups is 3. The zero-order valence-electron chi connectivity index (χ0n) is 16.5. The Hall–Kier alpha value is -4.14. The summed E-state index contributed by atoms with van der Waals surface area (Å²) in [6.45, 7) is -0.664. The molecule has 0 aliphatic heterocycles. The Balaban J connectivity index is 1.67. The van der Waals surface area contributed by atoms with Crippen LogP contribution in [0, 0.1) is 17.5 Å². The van der Waals surface area contributed by atoms with Gasteiger partial charge in [-0.1, -0.05) is 30.3 Å². The number of hydrogen-bond acceptors (Lipinski definition) is 4. The lowest BCUT2D eigenvalue weighted by Crippen LogP contribution is -2.34. The molecule has 1 unspecified atom stereocenters. The van der Waals surface area contributed by atoms with E-state index in [1.807, 2.05) is 0 Å². The first kappa shape index (κ1) is 22.5. The van der Waals surface area contributed by atoms with Gasteiger partial charge in [-0.05, 0) is 36.4 Å². The molecule has 0 spiro atoms. The average molecular weight is 442 g/mol. The third-order valence-corrected chi connectivity index (χ3v) is 4.27. The molecule has 0 fully saturated rings. The smallest absolute Gasteiger partial charge is 0.326 e. The van der Waals surface area contributed by atoms with E-state index < -0.39 is 53.4 Å². The predicted octanol–water partition coefficient (Wildman–Crippen LogP) is 3.76. The van der Waals surface area contributed by atoms with Crippen LogP contribution in [0.5, 0.6) is 0 Å². The van der Waals surface area contributed by atoms with Gasteiger partial charge >= 0.3 is 5.97 Å². The highest BCUT2D eigenvalue weighted by molar-refractivity contribution is 5.98. The molecule has 32 heavy (non-hydrogen) atoms. The number of rotatable bonds is 7. The molecule has 3 aromatic rings. The number of benzene rings is 3. The average Bonchev–Trinajstić information content (AvgIpc) is 2.78. The van der Waals surface area contributed by atoms with Gasteiger partial charge in [0, 0.05) is 17.3 Å². The predicted molar refractivity (Wildman–Crippen MR) is 109 cm³/mol. The molecule has 2 N–H and O–H groups in total. The fourth-order valence-corrected chi connectivity index (χ4v) is 2.74. The maximum Gasteiger partial charge on any atom is 0.326 e. The van der Waals surface area contributed by atoms with E-state index >= 15 is 0 Å². The number of halogens is 3. The van der Waals surface area contributed by atoms with Crippen molar-refractivity contribution < 1.29 is 32.3 Å². The van der Waals surface area contributed by atoms with Crippen molar-refractivity contribution in [2.45, 2.75) is 6.10 Å². The van der Waals surface area contributed by atoms with Gasteiger partial charge in [0.05, 0.1) is 5.56 Å². The van der Waals surface area contributed by atoms with Crippen LogP contribution in [-0.4, -0.2) is 24.3 Å². The Kier molecular flexibility index (Phi) is 7.22. The van der Waals surface area contributed by atoms with Crippen molar-refractivity contribution in [3.8, 4) is 0 Å². The Morgan fingerprint density at radius 3 is 2.16 bits per heavy atom. The molecule has 164 valence electrons. The Bertz CT molecular complexity index is 1120. The molecule has 0 heterocycles. The fourth-order valence-electron chi connectivity index (χ4n) is 2.74. The van der Waals surface area contributed by atoms with Crippen LogP contribution in [-0.2, 0) is 14.3 Å². The SMILES string of the molecule is O=C(CNC(=O)c1ccc(F)cc1F)OC(C(=O)Nc1ccc(F)cc1)c1ccccc1. The van der Waals surface area contributed by atoms with E-state index in [0.717, 1.165) is 24.3 Å². The highest BCUT2D eigenvalue weighted by Crippen LogP contribution is 2.20. The number of carbonyl (C=O) groups excluding carboxylic acids is 3. The lowest BCUT2D eigenvalue weighted by molar-refractivity contribution is -0.153. The van der Waals surface area contributed by atoms with Gasteiger partial charge in [0.1, 0.15) is 24.0 Å². The summed E-state index contributed by atoms with van der Waals surface area (Å²) in [7, 11) is 0. The van der Waals surface area contributed by atoms with Crippen molar-refractivity contribution in [2.75, 3.05) is 11.9 Å². The van der Waals surface area contributed by atoms with Crippen molar-refractivity contribution in [1.82, 2.24) is 5.32 Å². The van der Waals surface area contributed by atoms with E-state index in [2.05, 4.69) is 10.6 Å². The second-order valence-electron chi connectivity index (χ2n) is 6.58. The van der Waals surface area contributed by atoms with Gasteiger partial charge in [-0.2, -0.15) is 0 Å². The van der Waals surface area contributed by atoms with E-state index in [-0.39, 0.29) is 5.69 Å². The summed E-state index contributed by atoms with van der Waals surface area (Å²) < 4.78 is 45.0. The maximum atomic E-state index is 13.7. The Morgan fingerprint density at radius 2 is 1.50 bits per heavy atom. The second-order valence-corrected chi connectivity index (χ2v) is 6.58. The molecule has 0 saturated heterocycles. The molecular formula is C23H17F3N2O4. The summed E-state index contributed by atoms with van der Waals surface area (Å²) in [6, 6.07) is 15.5. The molecule has 6 nitrogen and oxygen atoms in total. The van der Waals surface area contributed by atoms with Crippen LogP contribution >= 0.6 is 0 Å². The fraction of sp³-hybridized carbons (Fsp3) is 0.0870. The number of anilines is 1. The summed E-state index contributed by atoms with van der Waals surface area (Å²) in [5.74, 6) is -5.04. The van der Waals surface area contributed by atoms with Crippen LogP contribution in [0.1, 0.15) is 22.0 Å². The molecule has 1 atom stereocenters. The van der Waals surface area contributed by atoms with Crippen molar-refractivity contribution in [2.24, 2.45) is 0 Å². The monoisotopic (exact) mass is 442 g/mol.